The summed E-state index contributed by atoms with van der Waals surface area (Å²) in [4.78, 5) is 0. The Morgan fingerprint density at radius 1 is 1.38 bits per heavy atom. The van der Waals surface area contributed by atoms with E-state index in [0.29, 0.717) is 0 Å². The molecule has 0 saturated heterocycles. The van der Waals surface area contributed by atoms with E-state index in [9.17, 15) is 0 Å². The zero-order valence-corrected chi connectivity index (χ0v) is 8.25. The van der Waals surface area contributed by atoms with Crippen LogP contribution in [0.5, 0.6) is 0 Å². The lowest BCUT2D eigenvalue weighted by atomic mass is 10.00. The first-order valence-electron chi connectivity index (χ1n) is 4.56. The van der Waals surface area contributed by atoms with Crippen LogP contribution in [0.15, 0.2) is 18.2 Å². The minimum absolute atomic E-state index is 0.0490. The molecule has 0 spiro atoms. The Hall–Kier alpha value is -0.860. The number of hydrogen-bond donors (Lipinski definition) is 2. The summed E-state index contributed by atoms with van der Waals surface area (Å²) >= 11 is 0. The topological polar surface area (TPSA) is 46.2 Å². The molecule has 0 aliphatic carbocycles. The fourth-order valence-electron chi connectivity index (χ4n) is 1.37. The SMILES string of the molecule is Cc1ccc(C)c(CC(N)CO)c1. The molecule has 0 saturated carbocycles. The molecular weight excluding hydrogens is 162 g/mol. The maximum atomic E-state index is 8.83. The molecule has 1 rings (SSSR count). The Labute approximate surface area is 79.4 Å². The van der Waals surface area contributed by atoms with Crippen molar-refractivity contribution in [2.75, 3.05) is 6.61 Å². The second-order valence-corrected chi connectivity index (χ2v) is 3.58. The molecule has 3 N–H and O–H groups in total. The maximum Gasteiger partial charge on any atom is 0.0585 e. The van der Waals surface area contributed by atoms with Gasteiger partial charge in [0.25, 0.3) is 0 Å². The summed E-state index contributed by atoms with van der Waals surface area (Å²) in [5.74, 6) is 0. The first-order chi connectivity index (χ1) is 6.13. The van der Waals surface area contributed by atoms with Gasteiger partial charge in [0.1, 0.15) is 0 Å². The summed E-state index contributed by atoms with van der Waals surface area (Å²) in [6.07, 6.45) is 0.754. The molecule has 1 atom stereocenters. The highest BCUT2D eigenvalue weighted by Gasteiger charge is 2.04. The number of aliphatic hydroxyl groups excluding tert-OH is 1. The van der Waals surface area contributed by atoms with Crippen LogP contribution in [-0.4, -0.2) is 17.8 Å². The molecule has 13 heavy (non-hydrogen) atoms. The molecule has 0 aromatic heterocycles. The van der Waals surface area contributed by atoms with Gasteiger partial charge in [-0.3, -0.25) is 0 Å². The summed E-state index contributed by atoms with van der Waals surface area (Å²) in [6.45, 7) is 4.18. The largest absolute Gasteiger partial charge is 0.395 e. The fraction of sp³-hybridized carbons (Fsp3) is 0.455. The fourth-order valence-corrected chi connectivity index (χ4v) is 1.37. The predicted octanol–water partition coefficient (Wildman–Crippen LogP) is 1.17. The average molecular weight is 179 g/mol. The Morgan fingerprint density at radius 3 is 2.69 bits per heavy atom. The molecule has 2 heteroatoms. The Bertz CT molecular complexity index is 283. The molecule has 1 aromatic carbocycles. The van der Waals surface area contributed by atoms with Gasteiger partial charge in [-0.1, -0.05) is 23.8 Å². The van der Waals surface area contributed by atoms with Crippen molar-refractivity contribution < 1.29 is 5.11 Å². The number of rotatable bonds is 3. The van der Waals surface area contributed by atoms with Gasteiger partial charge in [0.15, 0.2) is 0 Å². The highest BCUT2D eigenvalue weighted by Crippen LogP contribution is 2.12. The third-order valence-electron chi connectivity index (χ3n) is 2.22. The van der Waals surface area contributed by atoms with Crippen molar-refractivity contribution in [2.24, 2.45) is 5.73 Å². The first kappa shape index (κ1) is 10.2. The molecule has 0 aliphatic rings. The molecule has 0 fully saturated rings. The molecule has 0 amide bonds. The van der Waals surface area contributed by atoms with E-state index in [1.54, 1.807) is 0 Å². The van der Waals surface area contributed by atoms with Crippen molar-refractivity contribution in [3.63, 3.8) is 0 Å². The van der Waals surface area contributed by atoms with Gasteiger partial charge in [-0.25, -0.2) is 0 Å². The molecule has 0 radical (unpaired) electrons. The van der Waals surface area contributed by atoms with Crippen molar-refractivity contribution in [1.82, 2.24) is 0 Å². The van der Waals surface area contributed by atoms with Gasteiger partial charge >= 0.3 is 0 Å². The van der Waals surface area contributed by atoms with E-state index < -0.39 is 0 Å². The lowest BCUT2D eigenvalue weighted by molar-refractivity contribution is 0.265. The van der Waals surface area contributed by atoms with Crippen LogP contribution in [0.2, 0.25) is 0 Å². The number of aliphatic hydroxyl groups is 1. The van der Waals surface area contributed by atoms with Gasteiger partial charge in [0.2, 0.25) is 0 Å². The molecule has 0 bridgehead atoms. The number of benzene rings is 1. The van der Waals surface area contributed by atoms with Gasteiger partial charge in [-0.05, 0) is 31.4 Å². The van der Waals surface area contributed by atoms with E-state index in [-0.39, 0.29) is 12.6 Å². The van der Waals surface area contributed by atoms with Gasteiger partial charge in [-0.2, -0.15) is 0 Å². The smallest absolute Gasteiger partial charge is 0.0585 e. The van der Waals surface area contributed by atoms with Crippen LogP contribution in [0, 0.1) is 13.8 Å². The maximum absolute atomic E-state index is 8.83. The van der Waals surface area contributed by atoms with Crippen LogP contribution in [0.1, 0.15) is 16.7 Å². The second-order valence-electron chi connectivity index (χ2n) is 3.58. The van der Waals surface area contributed by atoms with Crippen LogP contribution in [-0.2, 0) is 6.42 Å². The van der Waals surface area contributed by atoms with Crippen molar-refractivity contribution in [3.05, 3.63) is 34.9 Å². The molecule has 72 valence electrons. The van der Waals surface area contributed by atoms with Crippen molar-refractivity contribution in [2.45, 2.75) is 26.3 Å². The summed E-state index contributed by atoms with van der Waals surface area (Å²) in [6, 6.07) is 6.17. The van der Waals surface area contributed by atoms with Gasteiger partial charge in [-0.15, -0.1) is 0 Å². The van der Waals surface area contributed by atoms with E-state index >= 15 is 0 Å². The monoisotopic (exact) mass is 179 g/mol. The summed E-state index contributed by atoms with van der Waals surface area (Å²) in [7, 11) is 0. The predicted molar refractivity (Wildman–Crippen MR) is 54.7 cm³/mol. The van der Waals surface area contributed by atoms with Gasteiger partial charge in [0.05, 0.1) is 6.61 Å². The average Bonchev–Trinajstić information content (AvgIpc) is 2.11. The number of hydrogen-bond acceptors (Lipinski definition) is 2. The first-order valence-corrected chi connectivity index (χ1v) is 4.56. The molecule has 2 nitrogen and oxygen atoms in total. The normalized spacial score (nSPS) is 12.9. The van der Waals surface area contributed by atoms with Crippen LogP contribution in [0.25, 0.3) is 0 Å². The zero-order valence-electron chi connectivity index (χ0n) is 8.25. The Morgan fingerprint density at radius 2 is 2.08 bits per heavy atom. The van der Waals surface area contributed by atoms with Crippen molar-refractivity contribution >= 4 is 0 Å². The molecular formula is C11H17NO. The van der Waals surface area contributed by atoms with Gasteiger partial charge in [0, 0.05) is 6.04 Å². The van der Waals surface area contributed by atoms with Crippen LogP contribution in [0.4, 0.5) is 0 Å². The minimum atomic E-state index is -0.138. The zero-order chi connectivity index (χ0) is 9.84. The van der Waals surface area contributed by atoms with E-state index in [4.69, 9.17) is 10.8 Å². The molecule has 0 heterocycles. The van der Waals surface area contributed by atoms with E-state index in [0.717, 1.165) is 6.42 Å². The Kier molecular flexibility index (Phi) is 3.46. The Balaban J connectivity index is 2.81. The lowest BCUT2D eigenvalue weighted by Gasteiger charge is -2.11. The van der Waals surface area contributed by atoms with Gasteiger partial charge < -0.3 is 10.8 Å². The highest BCUT2D eigenvalue weighted by atomic mass is 16.3. The molecule has 1 unspecified atom stereocenters. The molecule has 0 aliphatic heterocycles. The quantitative estimate of drug-likeness (QED) is 0.731. The summed E-state index contributed by atoms with van der Waals surface area (Å²) in [5, 5.41) is 8.83. The third-order valence-corrected chi connectivity index (χ3v) is 2.22. The summed E-state index contributed by atoms with van der Waals surface area (Å²) < 4.78 is 0. The van der Waals surface area contributed by atoms with Crippen molar-refractivity contribution in [3.8, 4) is 0 Å². The lowest BCUT2D eigenvalue weighted by Crippen LogP contribution is -2.27. The van der Waals surface area contributed by atoms with Crippen LogP contribution < -0.4 is 5.73 Å². The second kappa shape index (κ2) is 4.40. The van der Waals surface area contributed by atoms with E-state index in [2.05, 4.69) is 32.0 Å². The molecule has 1 aromatic rings. The standard InChI is InChI=1S/C11H17NO/c1-8-3-4-9(2)10(5-8)6-11(12)7-13/h3-5,11,13H,6-7,12H2,1-2H3. The number of aryl methyl sites for hydroxylation is 2. The van der Waals surface area contributed by atoms with E-state index in [1.165, 1.54) is 16.7 Å². The summed E-state index contributed by atoms with van der Waals surface area (Å²) in [5.41, 5.74) is 9.40. The highest BCUT2D eigenvalue weighted by molar-refractivity contribution is 5.31. The van der Waals surface area contributed by atoms with E-state index in [1.807, 2.05) is 0 Å². The third kappa shape index (κ3) is 2.83. The van der Waals surface area contributed by atoms with Crippen molar-refractivity contribution in [1.29, 1.82) is 0 Å². The van der Waals surface area contributed by atoms with Crippen LogP contribution in [0.3, 0.4) is 0 Å². The van der Waals surface area contributed by atoms with Crippen LogP contribution >= 0.6 is 0 Å². The number of nitrogens with two attached hydrogens (primary N) is 1. The minimum Gasteiger partial charge on any atom is -0.395 e.